The zero-order valence-corrected chi connectivity index (χ0v) is 20.0. The van der Waals surface area contributed by atoms with Crippen LogP contribution in [0.1, 0.15) is 24.8 Å². The summed E-state index contributed by atoms with van der Waals surface area (Å²) in [5.41, 5.74) is 3.66. The lowest BCUT2D eigenvalue weighted by Gasteiger charge is -2.29. The molecule has 1 amide bonds. The molecule has 0 unspecified atom stereocenters. The van der Waals surface area contributed by atoms with Crippen LogP contribution in [0.2, 0.25) is 0 Å². The van der Waals surface area contributed by atoms with E-state index in [9.17, 15) is 4.79 Å². The zero-order chi connectivity index (χ0) is 23.3. The molecule has 0 saturated carbocycles. The zero-order valence-electron chi connectivity index (χ0n) is 19.2. The van der Waals surface area contributed by atoms with Crippen LogP contribution in [-0.2, 0) is 4.79 Å². The molecule has 34 heavy (non-hydrogen) atoms. The quantitative estimate of drug-likeness (QED) is 0.401. The Balaban J connectivity index is 1.50. The number of anilines is 2. The van der Waals surface area contributed by atoms with Gasteiger partial charge in [0.2, 0.25) is 0 Å². The van der Waals surface area contributed by atoms with Gasteiger partial charge in [-0.05, 0) is 73.5 Å². The molecule has 3 aromatic rings. The minimum Gasteiger partial charge on any atom is -0.496 e. The number of rotatable bonds is 5. The van der Waals surface area contributed by atoms with E-state index in [2.05, 4.69) is 17.0 Å². The molecule has 0 radical (unpaired) electrons. The van der Waals surface area contributed by atoms with Crippen LogP contribution in [0.3, 0.4) is 0 Å². The monoisotopic (exact) mass is 469 g/mol. The van der Waals surface area contributed by atoms with Gasteiger partial charge in [-0.25, -0.2) is 4.99 Å². The molecule has 0 spiro atoms. The number of hydrogen-bond donors (Lipinski definition) is 0. The first-order chi connectivity index (χ1) is 16.7. The molecular weight excluding hydrogens is 442 g/mol. The van der Waals surface area contributed by atoms with Gasteiger partial charge in [-0.15, -0.1) is 0 Å². The van der Waals surface area contributed by atoms with Crippen molar-refractivity contribution in [1.82, 2.24) is 0 Å². The van der Waals surface area contributed by atoms with Crippen molar-refractivity contribution in [2.75, 3.05) is 30.0 Å². The van der Waals surface area contributed by atoms with E-state index in [1.807, 2.05) is 72.8 Å². The number of methoxy groups -OCH3 is 1. The van der Waals surface area contributed by atoms with E-state index < -0.39 is 0 Å². The maximum atomic E-state index is 13.5. The van der Waals surface area contributed by atoms with E-state index in [1.165, 1.54) is 36.7 Å². The van der Waals surface area contributed by atoms with E-state index >= 15 is 0 Å². The lowest BCUT2D eigenvalue weighted by atomic mass is 10.1. The highest BCUT2D eigenvalue weighted by Gasteiger charge is 2.35. The molecule has 0 aromatic heterocycles. The highest BCUT2D eigenvalue weighted by molar-refractivity contribution is 8.19. The van der Waals surface area contributed by atoms with Gasteiger partial charge in [-0.3, -0.25) is 9.69 Å². The molecule has 2 aliphatic heterocycles. The average Bonchev–Trinajstić information content (AvgIpc) is 3.20. The van der Waals surface area contributed by atoms with Crippen molar-refractivity contribution in [3.8, 4) is 5.75 Å². The maximum absolute atomic E-state index is 13.5. The Labute approximate surface area is 204 Å². The summed E-state index contributed by atoms with van der Waals surface area (Å²) in [5, 5.41) is 0.637. The first-order valence-electron chi connectivity index (χ1n) is 11.6. The van der Waals surface area contributed by atoms with Crippen LogP contribution >= 0.6 is 11.8 Å². The smallest absolute Gasteiger partial charge is 0.271 e. The topological polar surface area (TPSA) is 45.1 Å². The Kier molecular flexibility index (Phi) is 6.67. The van der Waals surface area contributed by atoms with Crippen LogP contribution in [-0.4, -0.2) is 31.3 Å². The van der Waals surface area contributed by atoms with Gasteiger partial charge in [0.05, 0.1) is 23.4 Å². The van der Waals surface area contributed by atoms with Crippen molar-refractivity contribution in [2.24, 2.45) is 4.99 Å². The Morgan fingerprint density at radius 3 is 2.29 bits per heavy atom. The van der Waals surface area contributed by atoms with E-state index in [-0.39, 0.29) is 5.91 Å². The van der Waals surface area contributed by atoms with Gasteiger partial charge in [0, 0.05) is 30.4 Å². The fourth-order valence-corrected chi connectivity index (χ4v) is 5.27. The van der Waals surface area contributed by atoms with E-state index in [1.54, 1.807) is 12.0 Å². The molecule has 3 aromatic carbocycles. The third kappa shape index (κ3) is 4.73. The summed E-state index contributed by atoms with van der Waals surface area (Å²) in [7, 11) is 1.68. The molecule has 0 aliphatic carbocycles. The standard InChI is InChI=1S/C28H27N3O2S/c1-33-25-20-24(30-17-9-4-10-18-30)16-15-21(25)19-26-27(32)31(23-13-7-3-8-14-23)28(34-26)29-22-11-5-2-6-12-22/h2-3,5-8,11-16,19-20H,4,9-10,17-18H2,1H3/b26-19-,29-28?. The first-order valence-corrected chi connectivity index (χ1v) is 12.4. The molecule has 2 aliphatic rings. The highest BCUT2D eigenvalue weighted by atomic mass is 32.2. The minimum atomic E-state index is -0.0898. The molecule has 2 heterocycles. The minimum absolute atomic E-state index is 0.0898. The second-order valence-corrected chi connectivity index (χ2v) is 9.30. The lowest BCUT2D eigenvalue weighted by molar-refractivity contribution is -0.113. The van der Waals surface area contributed by atoms with Crippen LogP contribution in [0, 0.1) is 0 Å². The molecule has 5 nitrogen and oxygen atoms in total. The second kappa shape index (κ2) is 10.2. The molecular formula is C28H27N3O2S. The van der Waals surface area contributed by atoms with Crippen LogP contribution in [0.25, 0.3) is 6.08 Å². The number of nitrogens with zero attached hydrogens (tertiary/aromatic N) is 3. The van der Waals surface area contributed by atoms with Crippen molar-refractivity contribution in [2.45, 2.75) is 19.3 Å². The Morgan fingerprint density at radius 2 is 1.59 bits per heavy atom. The summed E-state index contributed by atoms with van der Waals surface area (Å²) >= 11 is 1.38. The number of carbonyl (C=O) groups is 1. The van der Waals surface area contributed by atoms with Gasteiger partial charge in [0.25, 0.3) is 5.91 Å². The van der Waals surface area contributed by atoms with Crippen molar-refractivity contribution >= 4 is 46.0 Å². The number of hydrogen-bond acceptors (Lipinski definition) is 5. The number of benzene rings is 3. The van der Waals surface area contributed by atoms with Gasteiger partial charge in [-0.1, -0.05) is 36.4 Å². The lowest BCUT2D eigenvalue weighted by Crippen LogP contribution is -2.29. The maximum Gasteiger partial charge on any atom is 0.271 e. The molecule has 0 atom stereocenters. The molecule has 0 N–H and O–H groups in total. The Bertz CT molecular complexity index is 1220. The molecule has 2 saturated heterocycles. The molecule has 6 heteroatoms. The van der Waals surface area contributed by atoms with Crippen LogP contribution in [0.4, 0.5) is 17.1 Å². The highest BCUT2D eigenvalue weighted by Crippen LogP contribution is 2.39. The Hall–Kier alpha value is -3.51. The summed E-state index contributed by atoms with van der Waals surface area (Å²) < 4.78 is 5.72. The third-order valence-corrected chi connectivity index (χ3v) is 7.00. The Morgan fingerprint density at radius 1 is 0.882 bits per heavy atom. The second-order valence-electron chi connectivity index (χ2n) is 8.29. The summed E-state index contributed by atoms with van der Waals surface area (Å²) in [6.45, 7) is 2.15. The summed E-state index contributed by atoms with van der Waals surface area (Å²) in [6, 6.07) is 25.6. The molecule has 5 rings (SSSR count). The van der Waals surface area contributed by atoms with Gasteiger partial charge < -0.3 is 9.64 Å². The number of aliphatic imine (C=N–C) groups is 1. The van der Waals surface area contributed by atoms with Crippen LogP contribution in [0.15, 0.2) is 88.8 Å². The van der Waals surface area contributed by atoms with E-state index in [0.717, 1.165) is 35.8 Å². The fourth-order valence-electron chi connectivity index (χ4n) is 4.28. The number of thioether (sulfide) groups is 1. The number of amidine groups is 1. The molecule has 0 bridgehead atoms. The first kappa shape index (κ1) is 22.3. The van der Waals surface area contributed by atoms with Gasteiger partial charge in [0.15, 0.2) is 5.17 Å². The third-order valence-electron chi connectivity index (χ3n) is 6.03. The summed E-state index contributed by atoms with van der Waals surface area (Å²) in [5.74, 6) is 0.678. The fraction of sp³-hybridized carbons (Fsp3) is 0.214. The summed E-state index contributed by atoms with van der Waals surface area (Å²) in [6.07, 6.45) is 5.65. The van der Waals surface area contributed by atoms with E-state index in [4.69, 9.17) is 9.73 Å². The number of carbonyl (C=O) groups excluding carboxylic acids is 1. The number of para-hydroxylation sites is 2. The van der Waals surface area contributed by atoms with Crippen molar-refractivity contribution in [1.29, 1.82) is 0 Å². The largest absolute Gasteiger partial charge is 0.496 e. The number of amides is 1. The predicted molar refractivity (Wildman–Crippen MR) is 142 cm³/mol. The van der Waals surface area contributed by atoms with Gasteiger partial charge in [-0.2, -0.15) is 0 Å². The number of piperidine rings is 1. The summed E-state index contributed by atoms with van der Waals surface area (Å²) in [4.78, 5) is 23.0. The SMILES string of the molecule is COc1cc(N2CCCCC2)ccc1/C=C1\SC(=Nc2ccccc2)N(c2ccccc2)C1=O. The van der Waals surface area contributed by atoms with Gasteiger partial charge >= 0.3 is 0 Å². The normalized spacial score (nSPS) is 18.7. The van der Waals surface area contributed by atoms with Crippen LogP contribution in [0.5, 0.6) is 5.75 Å². The van der Waals surface area contributed by atoms with Gasteiger partial charge in [0.1, 0.15) is 5.75 Å². The van der Waals surface area contributed by atoms with Crippen molar-refractivity contribution < 1.29 is 9.53 Å². The molecule has 172 valence electrons. The average molecular weight is 470 g/mol. The van der Waals surface area contributed by atoms with Crippen LogP contribution < -0.4 is 14.5 Å². The molecule has 2 fully saturated rings. The van der Waals surface area contributed by atoms with Crippen molar-refractivity contribution in [3.05, 3.63) is 89.3 Å². The predicted octanol–water partition coefficient (Wildman–Crippen LogP) is 6.49. The van der Waals surface area contributed by atoms with E-state index in [0.29, 0.717) is 10.1 Å². The number of ether oxygens (including phenoxy) is 1. The van der Waals surface area contributed by atoms with Crippen molar-refractivity contribution in [3.63, 3.8) is 0 Å².